The molecule has 0 bridgehead atoms. The van der Waals surface area contributed by atoms with Gasteiger partial charge >= 0.3 is 0 Å². The van der Waals surface area contributed by atoms with Crippen LogP contribution >= 0.6 is 0 Å². The number of rotatable bonds is 1. The van der Waals surface area contributed by atoms with Crippen molar-refractivity contribution in [1.82, 2.24) is 0 Å². The van der Waals surface area contributed by atoms with Crippen molar-refractivity contribution < 1.29 is 0 Å². The smallest absolute Gasteiger partial charge is 0.101 e. The van der Waals surface area contributed by atoms with Crippen molar-refractivity contribution in [2.75, 3.05) is 10.2 Å². The highest BCUT2D eigenvalue weighted by molar-refractivity contribution is 5.84. The van der Waals surface area contributed by atoms with Gasteiger partial charge in [-0.25, -0.2) is 0 Å². The molecule has 2 nitrogen and oxygen atoms in total. The SMILES string of the molecule is Cc1cccc2c1N(c1ccccc1)C(C)N2. The van der Waals surface area contributed by atoms with Gasteiger partial charge in [-0.15, -0.1) is 0 Å². The third-order valence-corrected chi connectivity index (χ3v) is 3.26. The average Bonchev–Trinajstić information content (AvgIpc) is 2.68. The van der Waals surface area contributed by atoms with Crippen LogP contribution in [-0.2, 0) is 0 Å². The second-order valence-corrected chi connectivity index (χ2v) is 4.50. The monoisotopic (exact) mass is 224 g/mol. The van der Waals surface area contributed by atoms with Crippen molar-refractivity contribution in [3.8, 4) is 0 Å². The quantitative estimate of drug-likeness (QED) is 0.790. The molecular weight excluding hydrogens is 208 g/mol. The second kappa shape index (κ2) is 3.81. The molecule has 0 saturated carbocycles. The summed E-state index contributed by atoms with van der Waals surface area (Å²) in [4.78, 5) is 2.35. The van der Waals surface area contributed by atoms with Gasteiger partial charge < -0.3 is 10.2 Å². The van der Waals surface area contributed by atoms with Crippen LogP contribution in [0.2, 0.25) is 0 Å². The summed E-state index contributed by atoms with van der Waals surface area (Å²) >= 11 is 0. The minimum atomic E-state index is 0.300. The van der Waals surface area contributed by atoms with Gasteiger partial charge in [-0.3, -0.25) is 0 Å². The predicted molar refractivity (Wildman–Crippen MR) is 72.8 cm³/mol. The third kappa shape index (κ3) is 1.57. The fourth-order valence-electron chi connectivity index (χ4n) is 2.52. The van der Waals surface area contributed by atoms with Crippen molar-refractivity contribution in [2.45, 2.75) is 20.0 Å². The number of para-hydroxylation sites is 2. The number of nitrogens with zero attached hydrogens (tertiary/aromatic N) is 1. The van der Waals surface area contributed by atoms with E-state index in [1.54, 1.807) is 0 Å². The Morgan fingerprint density at radius 1 is 1.00 bits per heavy atom. The molecule has 1 unspecified atom stereocenters. The van der Waals surface area contributed by atoms with Gasteiger partial charge in [-0.1, -0.05) is 30.3 Å². The Hall–Kier alpha value is -1.96. The Morgan fingerprint density at radius 3 is 2.53 bits per heavy atom. The molecule has 0 radical (unpaired) electrons. The maximum absolute atomic E-state index is 3.51. The van der Waals surface area contributed by atoms with Gasteiger partial charge in [0.15, 0.2) is 0 Å². The lowest BCUT2D eigenvalue weighted by molar-refractivity contribution is 0.841. The number of aryl methyl sites for hydroxylation is 1. The maximum atomic E-state index is 3.51. The zero-order chi connectivity index (χ0) is 11.8. The third-order valence-electron chi connectivity index (χ3n) is 3.26. The molecule has 0 fully saturated rings. The molecule has 1 aliphatic heterocycles. The lowest BCUT2D eigenvalue weighted by atomic mass is 10.1. The van der Waals surface area contributed by atoms with E-state index in [1.165, 1.54) is 22.6 Å². The van der Waals surface area contributed by atoms with Gasteiger partial charge in [0.05, 0.1) is 11.4 Å². The zero-order valence-electron chi connectivity index (χ0n) is 10.1. The molecule has 0 aromatic heterocycles. The zero-order valence-corrected chi connectivity index (χ0v) is 10.1. The van der Waals surface area contributed by atoms with Crippen LogP contribution in [0.5, 0.6) is 0 Å². The summed E-state index contributed by atoms with van der Waals surface area (Å²) in [6.45, 7) is 4.35. The van der Waals surface area contributed by atoms with Crippen LogP contribution in [0, 0.1) is 6.92 Å². The molecule has 2 aromatic carbocycles. The molecule has 0 amide bonds. The average molecular weight is 224 g/mol. The topological polar surface area (TPSA) is 15.3 Å². The number of hydrogen-bond acceptors (Lipinski definition) is 2. The Kier molecular flexibility index (Phi) is 2.29. The van der Waals surface area contributed by atoms with Crippen LogP contribution in [0.4, 0.5) is 17.1 Å². The standard InChI is InChI=1S/C15H16N2/c1-11-7-6-10-14-15(11)17(12(2)16-14)13-8-4-3-5-9-13/h3-10,12,16H,1-2H3. The van der Waals surface area contributed by atoms with Gasteiger partial charge in [-0.05, 0) is 37.6 Å². The molecule has 1 atom stereocenters. The molecule has 0 aliphatic carbocycles. The van der Waals surface area contributed by atoms with Gasteiger partial charge in [0.25, 0.3) is 0 Å². The summed E-state index contributed by atoms with van der Waals surface area (Å²) in [6, 6.07) is 16.9. The normalized spacial score (nSPS) is 17.8. The number of benzene rings is 2. The lowest BCUT2D eigenvalue weighted by Crippen LogP contribution is -2.28. The second-order valence-electron chi connectivity index (χ2n) is 4.50. The summed E-state index contributed by atoms with van der Waals surface area (Å²) in [5.41, 5.74) is 5.07. The number of anilines is 3. The van der Waals surface area contributed by atoms with E-state index < -0.39 is 0 Å². The molecule has 0 saturated heterocycles. The van der Waals surface area contributed by atoms with E-state index in [-0.39, 0.29) is 0 Å². The molecule has 1 aliphatic rings. The molecule has 3 rings (SSSR count). The fourth-order valence-corrected chi connectivity index (χ4v) is 2.52. The molecule has 2 aromatic rings. The van der Waals surface area contributed by atoms with Crippen LogP contribution in [0.15, 0.2) is 48.5 Å². The van der Waals surface area contributed by atoms with Crippen molar-refractivity contribution in [1.29, 1.82) is 0 Å². The Bertz CT molecular complexity index is 534. The van der Waals surface area contributed by atoms with Gasteiger partial charge in [0.2, 0.25) is 0 Å². The van der Waals surface area contributed by atoms with Crippen LogP contribution in [0.1, 0.15) is 12.5 Å². The first-order valence-electron chi connectivity index (χ1n) is 5.98. The van der Waals surface area contributed by atoms with E-state index in [0.29, 0.717) is 6.17 Å². The first-order chi connectivity index (χ1) is 8.27. The highest BCUT2D eigenvalue weighted by atomic mass is 15.3. The van der Waals surface area contributed by atoms with E-state index in [0.717, 1.165) is 0 Å². The van der Waals surface area contributed by atoms with Crippen molar-refractivity contribution in [3.05, 3.63) is 54.1 Å². The number of nitrogens with one attached hydrogen (secondary N) is 1. The van der Waals surface area contributed by atoms with Crippen LogP contribution in [0.3, 0.4) is 0 Å². The molecule has 2 heteroatoms. The number of hydrogen-bond donors (Lipinski definition) is 1. The first-order valence-corrected chi connectivity index (χ1v) is 5.98. The van der Waals surface area contributed by atoms with Gasteiger partial charge in [-0.2, -0.15) is 0 Å². The van der Waals surface area contributed by atoms with Crippen molar-refractivity contribution in [3.63, 3.8) is 0 Å². The summed E-state index contributed by atoms with van der Waals surface area (Å²) in [5.74, 6) is 0. The molecule has 1 N–H and O–H groups in total. The lowest BCUT2D eigenvalue weighted by Gasteiger charge is -2.25. The predicted octanol–water partition coefficient (Wildman–Crippen LogP) is 3.90. The maximum Gasteiger partial charge on any atom is 0.101 e. The van der Waals surface area contributed by atoms with Crippen LogP contribution < -0.4 is 10.2 Å². The fraction of sp³-hybridized carbons (Fsp3) is 0.200. The Labute approximate surface area is 102 Å². The van der Waals surface area contributed by atoms with Crippen molar-refractivity contribution >= 4 is 17.1 Å². The summed E-state index contributed by atoms with van der Waals surface area (Å²) in [5, 5.41) is 3.51. The summed E-state index contributed by atoms with van der Waals surface area (Å²) in [7, 11) is 0. The molecule has 86 valence electrons. The minimum Gasteiger partial charge on any atom is -0.363 e. The van der Waals surface area contributed by atoms with Crippen LogP contribution in [-0.4, -0.2) is 6.17 Å². The van der Waals surface area contributed by atoms with E-state index >= 15 is 0 Å². The first kappa shape index (κ1) is 10.2. The summed E-state index contributed by atoms with van der Waals surface area (Å²) in [6.07, 6.45) is 0.300. The van der Waals surface area contributed by atoms with E-state index in [1.807, 2.05) is 0 Å². The molecule has 1 heterocycles. The highest BCUT2D eigenvalue weighted by Crippen LogP contribution is 2.41. The summed E-state index contributed by atoms with van der Waals surface area (Å²) < 4.78 is 0. The molecular formula is C15H16N2. The van der Waals surface area contributed by atoms with E-state index in [2.05, 4.69) is 72.6 Å². The highest BCUT2D eigenvalue weighted by Gasteiger charge is 2.27. The largest absolute Gasteiger partial charge is 0.363 e. The molecule has 0 spiro atoms. The molecule has 17 heavy (non-hydrogen) atoms. The Balaban J connectivity index is 2.14. The van der Waals surface area contributed by atoms with Crippen molar-refractivity contribution in [2.24, 2.45) is 0 Å². The van der Waals surface area contributed by atoms with Gasteiger partial charge in [0.1, 0.15) is 6.17 Å². The van der Waals surface area contributed by atoms with E-state index in [4.69, 9.17) is 0 Å². The number of fused-ring (bicyclic) bond motifs is 1. The Morgan fingerprint density at radius 2 is 1.76 bits per heavy atom. The van der Waals surface area contributed by atoms with E-state index in [9.17, 15) is 0 Å². The minimum absolute atomic E-state index is 0.300. The van der Waals surface area contributed by atoms with Crippen LogP contribution in [0.25, 0.3) is 0 Å². The van der Waals surface area contributed by atoms with Gasteiger partial charge in [0, 0.05) is 5.69 Å².